The van der Waals surface area contributed by atoms with Gasteiger partial charge in [0.1, 0.15) is 11.6 Å². The third-order valence-corrected chi connectivity index (χ3v) is 5.14. The molecule has 1 saturated heterocycles. The fourth-order valence-electron chi connectivity index (χ4n) is 3.60. The zero-order chi connectivity index (χ0) is 17.6. The first-order chi connectivity index (χ1) is 12.1. The number of carbonyl (C=O) groups excluding carboxylic acids is 1. The standard InChI is InChI=1S/C19H20N4O2/c1-12-2-5-17-15(8-12)18(24)16(10-21-17)19(25)22-6-7-23(13-3-4-13)14(9-20)11-22/h2,5,8,10,13-14H,3-4,6-7,11H2,1H3,(H,21,24). The van der Waals surface area contributed by atoms with E-state index in [1.54, 1.807) is 11.0 Å². The number of hydrogen-bond acceptors (Lipinski definition) is 4. The molecule has 1 atom stereocenters. The molecular weight excluding hydrogens is 316 g/mol. The number of H-pyrrole nitrogens is 1. The molecule has 1 aromatic carbocycles. The lowest BCUT2D eigenvalue weighted by Gasteiger charge is -2.38. The lowest BCUT2D eigenvalue weighted by Crippen LogP contribution is -2.55. The maximum atomic E-state index is 12.9. The van der Waals surface area contributed by atoms with Crippen molar-refractivity contribution in [1.82, 2.24) is 14.8 Å². The molecule has 1 saturated carbocycles. The quantitative estimate of drug-likeness (QED) is 0.904. The molecule has 2 heterocycles. The van der Waals surface area contributed by atoms with E-state index in [9.17, 15) is 14.9 Å². The highest BCUT2D eigenvalue weighted by Gasteiger charge is 2.38. The second-order valence-corrected chi connectivity index (χ2v) is 6.95. The summed E-state index contributed by atoms with van der Waals surface area (Å²) in [6, 6.07) is 8.09. The molecule has 1 aliphatic heterocycles. The van der Waals surface area contributed by atoms with Crippen LogP contribution in [0.3, 0.4) is 0 Å². The van der Waals surface area contributed by atoms with Gasteiger partial charge in [0.05, 0.1) is 6.07 Å². The number of fused-ring (bicyclic) bond motifs is 1. The monoisotopic (exact) mass is 336 g/mol. The molecule has 0 spiro atoms. The van der Waals surface area contributed by atoms with Crippen molar-refractivity contribution in [3.8, 4) is 6.07 Å². The van der Waals surface area contributed by atoms with Gasteiger partial charge in [0.25, 0.3) is 5.91 Å². The Morgan fingerprint density at radius 2 is 2.12 bits per heavy atom. The topological polar surface area (TPSA) is 80.2 Å². The number of nitrogens with zero attached hydrogens (tertiary/aromatic N) is 3. The van der Waals surface area contributed by atoms with Gasteiger partial charge in [-0.15, -0.1) is 0 Å². The third kappa shape index (κ3) is 2.81. The molecule has 1 unspecified atom stereocenters. The van der Waals surface area contributed by atoms with E-state index in [0.29, 0.717) is 31.1 Å². The molecule has 1 aliphatic carbocycles. The van der Waals surface area contributed by atoms with E-state index in [4.69, 9.17) is 0 Å². The van der Waals surface area contributed by atoms with Gasteiger partial charge in [-0.25, -0.2) is 0 Å². The molecule has 4 rings (SSSR count). The average Bonchev–Trinajstić information content (AvgIpc) is 3.46. The van der Waals surface area contributed by atoms with E-state index in [1.165, 1.54) is 6.20 Å². The molecular formula is C19H20N4O2. The van der Waals surface area contributed by atoms with Crippen LogP contribution in [0.1, 0.15) is 28.8 Å². The van der Waals surface area contributed by atoms with Gasteiger partial charge in [-0.2, -0.15) is 5.26 Å². The number of benzene rings is 1. The van der Waals surface area contributed by atoms with E-state index in [2.05, 4.69) is 16.0 Å². The minimum absolute atomic E-state index is 0.148. The van der Waals surface area contributed by atoms with Crippen molar-refractivity contribution in [2.45, 2.75) is 31.8 Å². The molecule has 0 radical (unpaired) electrons. The summed E-state index contributed by atoms with van der Waals surface area (Å²) < 4.78 is 0. The first-order valence-corrected chi connectivity index (χ1v) is 8.65. The molecule has 2 aromatic rings. The normalized spacial score (nSPS) is 21.3. The van der Waals surface area contributed by atoms with Crippen LogP contribution in [0.25, 0.3) is 10.9 Å². The smallest absolute Gasteiger partial charge is 0.259 e. The number of carbonyl (C=O) groups is 1. The lowest BCUT2D eigenvalue weighted by molar-refractivity contribution is 0.0549. The van der Waals surface area contributed by atoms with E-state index in [1.807, 2.05) is 19.1 Å². The maximum Gasteiger partial charge on any atom is 0.259 e. The number of aromatic nitrogens is 1. The molecule has 1 amide bonds. The van der Waals surface area contributed by atoms with Crippen molar-refractivity contribution in [2.75, 3.05) is 19.6 Å². The van der Waals surface area contributed by atoms with Crippen LogP contribution < -0.4 is 5.43 Å². The molecule has 6 heteroatoms. The molecule has 6 nitrogen and oxygen atoms in total. The van der Waals surface area contributed by atoms with Gasteiger partial charge in [0.2, 0.25) is 5.43 Å². The van der Waals surface area contributed by atoms with E-state index >= 15 is 0 Å². The van der Waals surface area contributed by atoms with Crippen LogP contribution in [0.5, 0.6) is 0 Å². The minimum Gasteiger partial charge on any atom is -0.360 e. The van der Waals surface area contributed by atoms with Gasteiger partial charge >= 0.3 is 0 Å². The predicted octanol–water partition coefficient (Wildman–Crippen LogP) is 1.65. The van der Waals surface area contributed by atoms with Crippen LogP contribution in [0.2, 0.25) is 0 Å². The second kappa shape index (κ2) is 6.01. The fraction of sp³-hybridized carbons (Fsp3) is 0.421. The van der Waals surface area contributed by atoms with E-state index in [-0.39, 0.29) is 22.9 Å². The SMILES string of the molecule is Cc1ccc2[nH]cc(C(=O)N3CCN(C4CC4)C(C#N)C3)c(=O)c2c1. The van der Waals surface area contributed by atoms with Gasteiger partial charge in [-0.3, -0.25) is 14.5 Å². The zero-order valence-corrected chi connectivity index (χ0v) is 14.2. The molecule has 2 aliphatic rings. The Morgan fingerprint density at radius 3 is 2.84 bits per heavy atom. The van der Waals surface area contributed by atoms with Crippen LogP contribution in [0, 0.1) is 18.3 Å². The maximum absolute atomic E-state index is 12.9. The summed E-state index contributed by atoms with van der Waals surface area (Å²) >= 11 is 0. The van der Waals surface area contributed by atoms with Gasteiger partial charge in [0, 0.05) is 42.8 Å². The van der Waals surface area contributed by atoms with E-state index < -0.39 is 0 Å². The van der Waals surface area contributed by atoms with Crippen molar-refractivity contribution in [3.63, 3.8) is 0 Å². The molecule has 25 heavy (non-hydrogen) atoms. The number of aromatic amines is 1. The largest absolute Gasteiger partial charge is 0.360 e. The molecule has 1 aromatic heterocycles. The summed E-state index contributed by atoms with van der Waals surface area (Å²) in [5.41, 5.74) is 1.60. The number of pyridine rings is 1. The number of nitriles is 1. The van der Waals surface area contributed by atoms with E-state index in [0.717, 1.165) is 23.9 Å². The molecule has 0 bridgehead atoms. The number of nitrogens with one attached hydrogen (secondary N) is 1. The fourth-order valence-corrected chi connectivity index (χ4v) is 3.60. The molecule has 1 N–H and O–H groups in total. The molecule has 2 fully saturated rings. The Balaban J connectivity index is 1.63. The Kier molecular flexibility index (Phi) is 3.81. The highest BCUT2D eigenvalue weighted by molar-refractivity contribution is 5.97. The first kappa shape index (κ1) is 15.9. The van der Waals surface area contributed by atoms with Gasteiger partial charge in [-0.05, 0) is 31.9 Å². The van der Waals surface area contributed by atoms with Crippen molar-refractivity contribution in [1.29, 1.82) is 5.26 Å². The number of aryl methyl sites for hydroxylation is 1. The van der Waals surface area contributed by atoms with Crippen LogP contribution in [0.4, 0.5) is 0 Å². The van der Waals surface area contributed by atoms with Gasteiger partial charge in [0.15, 0.2) is 0 Å². The van der Waals surface area contributed by atoms with Crippen LogP contribution >= 0.6 is 0 Å². The number of amides is 1. The van der Waals surface area contributed by atoms with Gasteiger partial charge in [-0.1, -0.05) is 11.6 Å². The summed E-state index contributed by atoms with van der Waals surface area (Å²) in [5.74, 6) is -0.291. The Hall–Kier alpha value is -2.65. The zero-order valence-electron chi connectivity index (χ0n) is 14.2. The Bertz CT molecular complexity index is 939. The van der Waals surface area contributed by atoms with Gasteiger partial charge < -0.3 is 9.88 Å². The van der Waals surface area contributed by atoms with Crippen LogP contribution in [0.15, 0.2) is 29.2 Å². The first-order valence-electron chi connectivity index (χ1n) is 8.65. The number of rotatable bonds is 2. The third-order valence-electron chi connectivity index (χ3n) is 5.14. The summed E-state index contributed by atoms with van der Waals surface area (Å²) in [6.45, 7) is 3.52. The molecule has 128 valence electrons. The predicted molar refractivity (Wildman–Crippen MR) is 94.3 cm³/mol. The van der Waals surface area contributed by atoms with Crippen molar-refractivity contribution < 1.29 is 4.79 Å². The van der Waals surface area contributed by atoms with Crippen molar-refractivity contribution in [3.05, 3.63) is 45.7 Å². The average molecular weight is 336 g/mol. The number of piperazine rings is 1. The second-order valence-electron chi connectivity index (χ2n) is 6.95. The minimum atomic E-state index is -0.291. The lowest BCUT2D eigenvalue weighted by atomic mass is 10.1. The van der Waals surface area contributed by atoms with Crippen molar-refractivity contribution in [2.24, 2.45) is 0 Å². The van der Waals surface area contributed by atoms with Crippen molar-refractivity contribution >= 4 is 16.8 Å². The highest BCUT2D eigenvalue weighted by Crippen LogP contribution is 2.30. The Morgan fingerprint density at radius 1 is 1.32 bits per heavy atom. The van der Waals surface area contributed by atoms with Crippen LogP contribution in [-0.2, 0) is 0 Å². The highest BCUT2D eigenvalue weighted by atomic mass is 16.2. The van der Waals surface area contributed by atoms with Crippen LogP contribution in [-0.4, -0.2) is 52.4 Å². The Labute approximate surface area is 145 Å². The summed E-state index contributed by atoms with van der Waals surface area (Å²) in [5, 5.41) is 9.96. The summed E-state index contributed by atoms with van der Waals surface area (Å²) in [4.78, 5) is 32.5. The summed E-state index contributed by atoms with van der Waals surface area (Å²) in [7, 11) is 0. The number of hydrogen-bond donors (Lipinski definition) is 1. The summed E-state index contributed by atoms with van der Waals surface area (Å²) in [6.07, 6.45) is 3.77.